The van der Waals surface area contributed by atoms with Gasteiger partial charge in [-0.15, -0.1) is 10.2 Å². The quantitative estimate of drug-likeness (QED) is 0.810. The minimum absolute atomic E-state index is 0.433. The molecule has 0 amide bonds. The third kappa shape index (κ3) is 2.03. The van der Waals surface area contributed by atoms with Gasteiger partial charge in [-0.05, 0) is 13.3 Å². The summed E-state index contributed by atoms with van der Waals surface area (Å²) in [7, 11) is 0. The zero-order chi connectivity index (χ0) is 12.4. The van der Waals surface area contributed by atoms with Gasteiger partial charge in [-0.3, -0.25) is 4.40 Å². The van der Waals surface area contributed by atoms with Gasteiger partial charge in [-0.2, -0.15) is 0 Å². The summed E-state index contributed by atoms with van der Waals surface area (Å²) >= 11 is 0. The van der Waals surface area contributed by atoms with Crippen molar-refractivity contribution in [3.05, 3.63) is 18.2 Å². The lowest BCUT2D eigenvalue weighted by Crippen LogP contribution is -2.29. The van der Waals surface area contributed by atoms with E-state index < -0.39 is 12.0 Å². The molecule has 0 aromatic carbocycles. The molecular formula is C10H13N5O2. The van der Waals surface area contributed by atoms with Crippen molar-refractivity contribution in [2.75, 3.05) is 5.32 Å². The maximum atomic E-state index is 10.9. The Morgan fingerprint density at radius 3 is 3.00 bits per heavy atom. The molecule has 0 aliphatic heterocycles. The van der Waals surface area contributed by atoms with Gasteiger partial charge in [-0.25, -0.2) is 9.78 Å². The predicted octanol–water partition coefficient (Wildman–Crippen LogP) is 0.708. The molecule has 17 heavy (non-hydrogen) atoms. The number of carbonyl (C=O) groups is 1. The van der Waals surface area contributed by atoms with Crippen molar-refractivity contribution in [1.29, 1.82) is 0 Å². The minimum atomic E-state index is -0.910. The van der Waals surface area contributed by atoms with Gasteiger partial charge in [0, 0.05) is 12.4 Å². The maximum Gasteiger partial charge on any atom is 0.326 e. The highest BCUT2D eigenvalue weighted by Gasteiger charge is 2.17. The van der Waals surface area contributed by atoms with Crippen molar-refractivity contribution in [2.45, 2.75) is 26.3 Å². The number of anilines is 1. The van der Waals surface area contributed by atoms with Crippen molar-refractivity contribution < 1.29 is 9.90 Å². The summed E-state index contributed by atoms with van der Waals surface area (Å²) in [4.78, 5) is 15.0. The molecule has 2 aromatic rings. The number of aryl methyl sites for hydroxylation is 1. The van der Waals surface area contributed by atoms with E-state index >= 15 is 0 Å². The monoisotopic (exact) mass is 235 g/mol. The Bertz CT molecular complexity index is 551. The fourth-order valence-corrected chi connectivity index (χ4v) is 1.55. The van der Waals surface area contributed by atoms with Crippen molar-refractivity contribution in [3.63, 3.8) is 0 Å². The number of hydrogen-bond donors (Lipinski definition) is 2. The second-order valence-electron chi connectivity index (χ2n) is 3.66. The lowest BCUT2D eigenvalue weighted by Gasteiger charge is -2.12. The van der Waals surface area contributed by atoms with Gasteiger partial charge in [0.2, 0.25) is 5.65 Å². The van der Waals surface area contributed by atoms with Crippen molar-refractivity contribution in [1.82, 2.24) is 19.6 Å². The summed E-state index contributed by atoms with van der Waals surface area (Å²) in [5.41, 5.74) is 0.532. The third-order valence-electron chi connectivity index (χ3n) is 2.51. The molecule has 90 valence electrons. The summed E-state index contributed by atoms with van der Waals surface area (Å²) in [5.74, 6) is 0.253. The van der Waals surface area contributed by atoms with Crippen LogP contribution in [0, 0.1) is 6.92 Å². The van der Waals surface area contributed by atoms with Crippen LogP contribution in [0.15, 0.2) is 12.4 Å². The van der Waals surface area contributed by atoms with Gasteiger partial charge in [0.15, 0.2) is 5.82 Å². The highest BCUT2D eigenvalue weighted by Crippen LogP contribution is 2.13. The number of nitrogens with one attached hydrogen (secondary N) is 1. The number of carboxylic acid groups (broad SMARTS) is 1. The zero-order valence-corrected chi connectivity index (χ0v) is 9.58. The Morgan fingerprint density at radius 2 is 2.35 bits per heavy atom. The molecule has 1 unspecified atom stereocenters. The molecule has 7 heteroatoms. The molecule has 2 N–H and O–H groups in total. The topological polar surface area (TPSA) is 92.4 Å². The van der Waals surface area contributed by atoms with Crippen molar-refractivity contribution >= 4 is 17.4 Å². The van der Waals surface area contributed by atoms with Gasteiger partial charge >= 0.3 is 5.97 Å². The van der Waals surface area contributed by atoms with E-state index in [-0.39, 0.29) is 0 Å². The first-order valence-electron chi connectivity index (χ1n) is 5.29. The molecule has 2 heterocycles. The highest BCUT2D eigenvalue weighted by atomic mass is 16.4. The fourth-order valence-electron chi connectivity index (χ4n) is 1.55. The first-order chi connectivity index (χ1) is 8.13. The summed E-state index contributed by atoms with van der Waals surface area (Å²) in [6.45, 7) is 3.61. The summed E-state index contributed by atoms with van der Waals surface area (Å²) in [6.07, 6.45) is 3.78. The van der Waals surface area contributed by atoms with E-state index in [1.165, 1.54) is 0 Å². The number of aromatic nitrogens is 4. The molecule has 1 atom stereocenters. The van der Waals surface area contributed by atoms with Gasteiger partial charge in [0.05, 0.1) is 0 Å². The van der Waals surface area contributed by atoms with Crippen LogP contribution in [0.3, 0.4) is 0 Å². The third-order valence-corrected chi connectivity index (χ3v) is 2.51. The number of fused-ring (bicyclic) bond motifs is 1. The molecule has 2 rings (SSSR count). The Hall–Kier alpha value is -2.18. The van der Waals surface area contributed by atoms with Gasteiger partial charge in [0.1, 0.15) is 11.9 Å². The number of aliphatic carboxylic acids is 1. The normalized spacial score (nSPS) is 12.6. The molecule has 7 nitrogen and oxygen atoms in total. The molecule has 0 saturated carbocycles. The zero-order valence-electron chi connectivity index (χ0n) is 9.58. The van der Waals surface area contributed by atoms with Crippen LogP contribution >= 0.6 is 0 Å². The Balaban J connectivity index is 2.38. The Kier molecular flexibility index (Phi) is 2.90. The summed E-state index contributed by atoms with van der Waals surface area (Å²) in [5, 5.41) is 19.7. The van der Waals surface area contributed by atoms with E-state index in [2.05, 4.69) is 20.5 Å². The average Bonchev–Trinajstić information content (AvgIpc) is 2.69. The summed E-state index contributed by atoms with van der Waals surface area (Å²) < 4.78 is 1.75. The van der Waals surface area contributed by atoms with Crippen LogP contribution in [0.25, 0.3) is 5.65 Å². The Morgan fingerprint density at radius 1 is 1.59 bits per heavy atom. The van der Waals surface area contributed by atoms with E-state index in [0.717, 1.165) is 5.82 Å². The van der Waals surface area contributed by atoms with Crippen LogP contribution < -0.4 is 5.32 Å². The van der Waals surface area contributed by atoms with E-state index in [9.17, 15) is 4.79 Å². The standard InChI is InChI=1S/C10H13N5O2/c1-3-7(10(16)17)12-8-9-14-13-6(2)15(9)5-4-11-8/h4-5,7H,3H2,1-2H3,(H,11,12)(H,16,17). The van der Waals surface area contributed by atoms with Gasteiger partial charge in [0.25, 0.3) is 0 Å². The molecule has 0 saturated heterocycles. The molecule has 0 aliphatic carbocycles. The average molecular weight is 235 g/mol. The smallest absolute Gasteiger partial charge is 0.326 e. The largest absolute Gasteiger partial charge is 0.480 e. The van der Waals surface area contributed by atoms with E-state index in [1.54, 1.807) is 23.7 Å². The Labute approximate surface area is 97.5 Å². The SMILES string of the molecule is CCC(Nc1nccn2c(C)nnc12)C(=O)O. The van der Waals surface area contributed by atoms with Crippen LogP contribution in [-0.4, -0.2) is 36.7 Å². The van der Waals surface area contributed by atoms with Crippen molar-refractivity contribution in [2.24, 2.45) is 0 Å². The van der Waals surface area contributed by atoms with E-state index in [1.807, 2.05) is 6.92 Å². The molecular weight excluding hydrogens is 222 g/mol. The van der Waals surface area contributed by atoms with Crippen LogP contribution in [0.4, 0.5) is 5.82 Å². The highest BCUT2D eigenvalue weighted by molar-refractivity contribution is 5.78. The van der Waals surface area contributed by atoms with Gasteiger partial charge in [-0.1, -0.05) is 6.92 Å². The summed E-state index contributed by atoms with van der Waals surface area (Å²) in [6, 6.07) is -0.675. The first-order valence-corrected chi connectivity index (χ1v) is 5.29. The lowest BCUT2D eigenvalue weighted by atomic mass is 10.2. The van der Waals surface area contributed by atoms with Crippen LogP contribution in [-0.2, 0) is 4.79 Å². The second kappa shape index (κ2) is 4.36. The number of rotatable bonds is 4. The van der Waals surface area contributed by atoms with E-state index in [0.29, 0.717) is 17.9 Å². The first kappa shape index (κ1) is 11.3. The maximum absolute atomic E-state index is 10.9. The molecule has 2 aromatic heterocycles. The predicted molar refractivity (Wildman–Crippen MR) is 60.9 cm³/mol. The van der Waals surface area contributed by atoms with Crippen molar-refractivity contribution in [3.8, 4) is 0 Å². The number of hydrogen-bond acceptors (Lipinski definition) is 5. The number of carboxylic acids is 1. The number of nitrogens with zero attached hydrogens (tertiary/aromatic N) is 4. The van der Waals surface area contributed by atoms with E-state index in [4.69, 9.17) is 5.11 Å². The fraction of sp³-hybridized carbons (Fsp3) is 0.400. The van der Waals surface area contributed by atoms with Crippen LogP contribution in [0.1, 0.15) is 19.2 Å². The molecule has 0 fully saturated rings. The molecule has 0 bridgehead atoms. The van der Waals surface area contributed by atoms with Crippen LogP contribution in [0.5, 0.6) is 0 Å². The lowest BCUT2D eigenvalue weighted by molar-refractivity contribution is -0.137. The van der Waals surface area contributed by atoms with Gasteiger partial charge < -0.3 is 10.4 Å². The molecule has 0 radical (unpaired) electrons. The minimum Gasteiger partial charge on any atom is -0.480 e. The van der Waals surface area contributed by atoms with Crippen LogP contribution in [0.2, 0.25) is 0 Å². The molecule has 0 spiro atoms. The molecule has 0 aliphatic rings. The second-order valence-corrected chi connectivity index (χ2v) is 3.66.